The molecule has 178 valence electrons. The maximum Gasteiger partial charge on any atom is 0.308 e. The molecule has 1 aliphatic heterocycles. The van der Waals surface area contributed by atoms with Gasteiger partial charge in [-0.15, -0.1) is 0 Å². The largest absolute Gasteiger partial charge is 0.374 e. The zero-order chi connectivity index (χ0) is 23.7. The molecule has 0 radical (unpaired) electrons. The normalized spacial score (nSPS) is 20.2. The fourth-order valence-corrected chi connectivity index (χ4v) is 7.40. The first-order valence-electron chi connectivity index (χ1n) is 11.1. The topological polar surface area (TPSA) is 73.7 Å². The zero-order valence-electron chi connectivity index (χ0n) is 20.3. The van der Waals surface area contributed by atoms with Crippen LogP contribution >= 0.6 is 0 Å². The van der Waals surface area contributed by atoms with Gasteiger partial charge in [-0.1, -0.05) is 64.2 Å². The van der Waals surface area contributed by atoms with Gasteiger partial charge in [-0.3, -0.25) is 0 Å². The molecule has 1 saturated heterocycles. The summed E-state index contributed by atoms with van der Waals surface area (Å²) in [5, 5.41) is -0.0560. The molecule has 2 heterocycles. The van der Waals surface area contributed by atoms with Crippen molar-refractivity contribution < 1.29 is 17.9 Å². The Bertz CT molecular complexity index is 1010. The number of hydrogen-bond acceptors (Lipinski definition) is 5. The maximum absolute atomic E-state index is 13.4. The van der Waals surface area contributed by atoms with Crippen LogP contribution in [-0.4, -0.2) is 56.6 Å². The molecule has 1 aliphatic rings. The van der Waals surface area contributed by atoms with E-state index in [1.165, 1.54) is 8.28 Å². The van der Waals surface area contributed by atoms with Crippen LogP contribution in [0.2, 0.25) is 18.1 Å². The van der Waals surface area contributed by atoms with Crippen molar-refractivity contribution in [2.45, 2.75) is 70.6 Å². The highest BCUT2D eigenvalue weighted by atomic mass is 32.2. The van der Waals surface area contributed by atoms with Crippen molar-refractivity contribution in [3.05, 3.63) is 47.8 Å². The third-order valence-corrected chi connectivity index (χ3v) is 13.9. The number of nitrogens with zero attached hydrogens (tertiary/aromatic N) is 3. The molecule has 3 rings (SSSR count). The molecule has 2 atom stereocenters. The Morgan fingerprint density at radius 2 is 1.84 bits per heavy atom. The van der Waals surface area contributed by atoms with Crippen LogP contribution in [-0.2, 0) is 26.3 Å². The third-order valence-electron chi connectivity index (χ3n) is 6.72. The van der Waals surface area contributed by atoms with Gasteiger partial charge in [0.05, 0.1) is 31.2 Å². The van der Waals surface area contributed by atoms with Crippen LogP contribution in [0.1, 0.15) is 51.0 Å². The van der Waals surface area contributed by atoms with Gasteiger partial charge >= 0.3 is 10.2 Å². The van der Waals surface area contributed by atoms with Crippen LogP contribution in [0.5, 0.6) is 0 Å². The lowest BCUT2D eigenvalue weighted by Gasteiger charge is -2.36. The van der Waals surface area contributed by atoms with E-state index in [0.717, 1.165) is 18.4 Å². The van der Waals surface area contributed by atoms with E-state index in [9.17, 15) is 8.42 Å². The predicted molar refractivity (Wildman–Crippen MR) is 130 cm³/mol. The molecular weight excluding hydrogens is 442 g/mol. The molecule has 0 amide bonds. The molecule has 1 aromatic carbocycles. The summed E-state index contributed by atoms with van der Waals surface area (Å²) >= 11 is 0. The van der Waals surface area contributed by atoms with Crippen LogP contribution in [0.4, 0.5) is 0 Å². The fraction of sp³-hybridized carbons (Fsp3) is 0.609. The summed E-state index contributed by atoms with van der Waals surface area (Å²) in [4.78, 5) is 4.68. The summed E-state index contributed by atoms with van der Waals surface area (Å²) in [5.74, 6) is 0. The molecule has 2 aromatic rings. The van der Waals surface area contributed by atoms with Crippen LogP contribution in [0, 0.1) is 0 Å². The van der Waals surface area contributed by atoms with E-state index in [-0.39, 0.29) is 17.2 Å². The van der Waals surface area contributed by atoms with Gasteiger partial charge in [0, 0.05) is 14.1 Å². The molecule has 1 fully saturated rings. The minimum absolute atomic E-state index is 0.0560. The van der Waals surface area contributed by atoms with Crippen molar-refractivity contribution in [2.24, 2.45) is 0 Å². The second-order valence-corrected chi connectivity index (χ2v) is 17.4. The molecule has 0 aliphatic carbocycles. The number of ether oxygens (including phenoxy) is 2. The van der Waals surface area contributed by atoms with Gasteiger partial charge in [0.15, 0.2) is 0 Å². The lowest BCUT2D eigenvalue weighted by molar-refractivity contribution is -0.0218. The maximum atomic E-state index is 13.4. The van der Waals surface area contributed by atoms with Gasteiger partial charge in [0.25, 0.3) is 0 Å². The van der Waals surface area contributed by atoms with Crippen molar-refractivity contribution >= 4 is 23.7 Å². The monoisotopic (exact) mass is 479 g/mol. The quantitative estimate of drug-likeness (QED) is 0.540. The van der Waals surface area contributed by atoms with Crippen LogP contribution in [0.25, 0.3) is 0 Å². The van der Waals surface area contributed by atoms with E-state index < -0.39 is 18.3 Å². The van der Waals surface area contributed by atoms with Crippen LogP contribution < -0.4 is 5.45 Å². The summed E-state index contributed by atoms with van der Waals surface area (Å²) in [7, 11) is -2.84. The summed E-state index contributed by atoms with van der Waals surface area (Å²) in [6.07, 6.45) is 2.88. The Morgan fingerprint density at radius 1 is 1.19 bits per heavy atom. The van der Waals surface area contributed by atoms with Gasteiger partial charge in [0.1, 0.15) is 19.6 Å². The van der Waals surface area contributed by atoms with E-state index in [0.29, 0.717) is 24.4 Å². The molecule has 7 nitrogen and oxygen atoms in total. The Labute approximate surface area is 193 Å². The Kier molecular flexibility index (Phi) is 7.36. The highest BCUT2D eigenvalue weighted by molar-refractivity contribution is 7.87. The van der Waals surface area contributed by atoms with E-state index in [2.05, 4.69) is 38.8 Å². The molecule has 1 aromatic heterocycles. The molecular formula is C23H37N3O4SSi. The van der Waals surface area contributed by atoms with E-state index in [1.807, 2.05) is 30.3 Å². The number of benzene rings is 1. The molecule has 0 unspecified atom stereocenters. The SMILES string of the molecule is CN(C)S(=O)(=O)n1c([C@@H]2CC[C@@H](COCc3ccccc3)O2)cnc1[Si](C)(C)C(C)(C)C. The van der Waals surface area contributed by atoms with Gasteiger partial charge in [-0.25, -0.2) is 8.96 Å². The van der Waals surface area contributed by atoms with Crippen LogP contribution in [0.15, 0.2) is 36.5 Å². The van der Waals surface area contributed by atoms with Gasteiger partial charge in [-0.2, -0.15) is 12.7 Å². The van der Waals surface area contributed by atoms with Gasteiger partial charge in [-0.05, 0) is 23.4 Å². The van der Waals surface area contributed by atoms with Crippen molar-refractivity contribution in [2.75, 3.05) is 20.7 Å². The Morgan fingerprint density at radius 3 is 2.44 bits per heavy atom. The standard InChI is InChI=1S/C23H37N3O4SSi/c1-23(2,3)32(6,7)22-24-15-20(26(22)31(27,28)25(4)5)21-14-13-19(30-21)17-29-16-18-11-9-8-10-12-18/h8-12,15,19,21H,13-14,16-17H2,1-7H3/t19-,21-/m0/s1. The zero-order valence-corrected chi connectivity index (χ0v) is 22.1. The average Bonchev–Trinajstić information content (AvgIpc) is 3.35. The Hall–Kier alpha value is -1.52. The summed E-state index contributed by atoms with van der Waals surface area (Å²) in [6, 6.07) is 10.0. The first-order valence-corrected chi connectivity index (χ1v) is 15.5. The second-order valence-electron chi connectivity index (χ2n) is 10.3. The summed E-state index contributed by atoms with van der Waals surface area (Å²) < 4.78 is 41.6. The van der Waals surface area contributed by atoms with E-state index in [1.54, 1.807) is 20.3 Å². The van der Waals surface area contributed by atoms with Gasteiger partial charge in [0.2, 0.25) is 0 Å². The second kappa shape index (κ2) is 9.38. The highest BCUT2D eigenvalue weighted by Gasteiger charge is 2.45. The summed E-state index contributed by atoms with van der Waals surface area (Å²) in [6.45, 7) is 11.8. The fourth-order valence-electron chi connectivity index (χ4n) is 3.65. The molecule has 0 N–H and O–H groups in total. The first-order chi connectivity index (χ1) is 14.9. The lowest BCUT2D eigenvalue weighted by atomic mass is 10.1. The minimum Gasteiger partial charge on any atom is -0.374 e. The molecule has 0 bridgehead atoms. The number of rotatable bonds is 8. The number of imidazole rings is 1. The predicted octanol–water partition coefficient (Wildman–Crippen LogP) is 3.69. The third kappa shape index (κ3) is 5.01. The van der Waals surface area contributed by atoms with Gasteiger partial charge < -0.3 is 9.47 Å². The highest BCUT2D eigenvalue weighted by Crippen LogP contribution is 2.38. The molecule has 0 spiro atoms. The van der Waals surface area contributed by atoms with Crippen molar-refractivity contribution in [3.63, 3.8) is 0 Å². The van der Waals surface area contributed by atoms with Crippen molar-refractivity contribution in [3.8, 4) is 0 Å². The molecule has 0 saturated carbocycles. The van der Waals surface area contributed by atoms with Crippen molar-refractivity contribution in [1.82, 2.24) is 13.3 Å². The molecule has 32 heavy (non-hydrogen) atoms. The lowest BCUT2D eigenvalue weighted by Crippen LogP contribution is -2.56. The van der Waals surface area contributed by atoms with Crippen molar-refractivity contribution in [1.29, 1.82) is 0 Å². The first kappa shape index (κ1) is 25.1. The number of aromatic nitrogens is 2. The number of hydrogen-bond donors (Lipinski definition) is 0. The Balaban J connectivity index is 1.82. The minimum atomic E-state index is -3.74. The molecule has 9 heteroatoms. The van der Waals surface area contributed by atoms with Crippen LogP contribution in [0.3, 0.4) is 0 Å². The van der Waals surface area contributed by atoms with E-state index >= 15 is 0 Å². The average molecular weight is 480 g/mol. The smallest absolute Gasteiger partial charge is 0.308 e. The summed E-state index contributed by atoms with van der Waals surface area (Å²) in [5.41, 5.74) is 2.40. The van der Waals surface area contributed by atoms with E-state index in [4.69, 9.17) is 9.47 Å².